The number of benzene rings is 1. The van der Waals surface area contributed by atoms with E-state index in [0.717, 1.165) is 12.8 Å². The van der Waals surface area contributed by atoms with Crippen LogP contribution in [0.1, 0.15) is 18.9 Å². The van der Waals surface area contributed by atoms with E-state index in [4.69, 9.17) is 0 Å². The lowest BCUT2D eigenvalue weighted by atomic mass is 10.1. The van der Waals surface area contributed by atoms with Crippen LogP contribution in [-0.4, -0.2) is 7.18 Å². The first-order chi connectivity index (χ1) is 5.83. The summed E-state index contributed by atoms with van der Waals surface area (Å²) >= 11 is 0. The fraction of sp³-hybridized carbons (Fsp3) is 0.400. The standard InChI is InChI=1S/C9H11F.CH3F/c1-2-3-8-4-6-9(10)7-5-8;1-2/h4-7H,2-3H2,1H3;1H3. The third-order valence-corrected chi connectivity index (χ3v) is 1.45. The van der Waals surface area contributed by atoms with Crippen LogP contribution in [0.2, 0.25) is 0 Å². The van der Waals surface area contributed by atoms with E-state index in [-0.39, 0.29) is 5.82 Å². The zero-order valence-corrected chi connectivity index (χ0v) is 7.48. The summed E-state index contributed by atoms with van der Waals surface area (Å²) in [5.74, 6) is -0.153. The van der Waals surface area contributed by atoms with Crippen molar-refractivity contribution in [2.24, 2.45) is 0 Å². The monoisotopic (exact) mass is 172 g/mol. The normalized spacial score (nSPS) is 8.67. The van der Waals surface area contributed by atoms with Gasteiger partial charge in [0.15, 0.2) is 0 Å². The van der Waals surface area contributed by atoms with Crippen LogP contribution in [0.5, 0.6) is 0 Å². The van der Waals surface area contributed by atoms with Crippen molar-refractivity contribution in [3.8, 4) is 0 Å². The molecule has 0 nitrogen and oxygen atoms in total. The van der Waals surface area contributed by atoms with E-state index in [1.54, 1.807) is 0 Å². The minimum Gasteiger partial charge on any atom is -0.255 e. The van der Waals surface area contributed by atoms with Gasteiger partial charge in [0, 0.05) is 0 Å². The largest absolute Gasteiger partial charge is 0.255 e. The Labute approximate surface area is 72.2 Å². The second-order valence-corrected chi connectivity index (χ2v) is 2.38. The van der Waals surface area contributed by atoms with E-state index in [0.29, 0.717) is 7.18 Å². The maximum absolute atomic E-state index is 12.3. The molecule has 0 aromatic heterocycles. The minimum atomic E-state index is -0.153. The van der Waals surface area contributed by atoms with Crippen molar-refractivity contribution < 1.29 is 8.78 Å². The number of hydrogen-bond donors (Lipinski definition) is 0. The molecule has 1 aromatic carbocycles. The van der Waals surface area contributed by atoms with Gasteiger partial charge in [0.1, 0.15) is 5.82 Å². The van der Waals surface area contributed by atoms with Crippen LogP contribution in [0.4, 0.5) is 8.78 Å². The number of alkyl halides is 1. The van der Waals surface area contributed by atoms with Gasteiger partial charge in [-0.3, -0.25) is 4.39 Å². The van der Waals surface area contributed by atoms with Crippen molar-refractivity contribution in [1.82, 2.24) is 0 Å². The van der Waals surface area contributed by atoms with Crippen LogP contribution in [0.25, 0.3) is 0 Å². The average molecular weight is 172 g/mol. The van der Waals surface area contributed by atoms with Crippen LogP contribution in [-0.2, 0) is 6.42 Å². The summed E-state index contributed by atoms with van der Waals surface area (Å²) in [6.07, 6.45) is 2.16. The minimum absolute atomic E-state index is 0.153. The van der Waals surface area contributed by atoms with Crippen molar-refractivity contribution in [2.45, 2.75) is 19.8 Å². The summed E-state index contributed by atoms with van der Waals surface area (Å²) in [6, 6.07) is 6.67. The van der Waals surface area contributed by atoms with Gasteiger partial charge in [-0.1, -0.05) is 25.5 Å². The molecule has 0 saturated heterocycles. The summed E-state index contributed by atoms with van der Waals surface area (Å²) in [6.45, 7) is 2.11. The van der Waals surface area contributed by atoms with Gasteiger partial charge in [-0.05, 0) is 24.1 Å². The Hall–Kier alpha value is -0.920. The molecule has 0 heterocycles. The average Bonchev–Trinajstić information content (AvgIpc) is 2.13. The van der Waals surface area contributed by atoms with E-state index in [1.165, 1.54) is 17.7 Å². The molecule has 0 unspecified atom stereocenters. The molecule has 0 N–H and O–H groups in total. The second-order valence-electron chi connectivity index (χ2n) is 2.38. The van der Waals surface area contributed by atoms with Crippen LogP contribution in [0.3, 0.4) is 0 Å². The molecule has 0 saturated carbocycles. The quantitative estimate of drug-likeness (QED) is 0.641. The molecule has 0 atom stereocenters. The van der Waals surface area contributed by atoms with Gasteiger partial charge in [0.25, 0.3) is 0 Å². The topological polar surface area (TPSA) is 0 Å². The molecule has 1 rings (SSSR count). The lowest BCUT2D eigenvalue weighted by molar-refractivity contribution is 0.627. The van der Waals surface area contributed by atoms with Gasteiger partial charge in [0.05, 0.1) is 7.18 Å². The zero-order chi connectivity index (χ0) is 9.40. The Morgan fingerprint density at radius 1 is 1.08 bits per heavy atom. The summed E-state index contributed by atoms with van der Waals surface area (Å²) < 4.78 is 21.8. The smallest absolute Gasteiger partial charge is 0.123 e. The molecule has 2 heteroatoms. The van der Waals surface area contributed by atoms with Crippen LogP contribution >= 0.6 is 0 Å². The van der Waals surface area contributed by atoms with Gasteiger partial charge in [-0.25, -0.2) is 4.39 Å². The Kier molecular flexibility index (Phi) is 6.25. The second kappa shape index (κ2) is 6.77. The molecule has 0 amide bonds. The first-order valence-electron chi connectivity index (χ1n) is 3.95. The third kappa shape index (κ3) is 4.06. The van der Waals surface area contributed by atoms with Crippen molar-refractivity contribution in [3.63, 3.8) is 0 Å². The van der Waals surface area contributed by atoms with Crippen molar-refractivity contribution in [2.75, 3.05) is 7.18 Å². The van der Waals surface area contributed by atoms with Crippen molar-refractivity contribution in [3.05, 3.63) is 35.6 Å². The van der Waals surface area contributed by atoms with Crippen LogP contribution in [0.15, 0.2) is 24.3 Å². The highest BCUT2D eigenvalue weighted by atomic mass is 19.1. The van der Waals surface area contributed by atoms with E-state index in [2.05, 4.69) is 6.92 Å². The van der Waals surface area contributed by atoms with E-state index in [1.807, 2.05) is 12.1 Å². The maximum Gasteiger partial charge on any atom is 0.123 e. The number of hydrogen-bond acceptors (Lipinski definition) is 0. The molecule has 0 bridgehead atoms. The highest BCUT2D eigenvalue weighted by Gasteiger charge is 1.90. The first kappa shape index (κ1) is 11.1. The molecule has 0 radical (unpaired) electrons. The SMILES string of the molecule is CCCc1ccc(F)cc1.CF. The number of rotatable bonds is 2. The van der Waals surface area contributed by atoms with Crippen LogP contribution in [0, 0.1) is 5.82 Å². The van der Waals surface area contributed by atoms with Crippen LogP contribution < -0.4 is 0 Å². The van der Waals surface area contributed by atoms with E-state index < -0.39 is 0 Å². The Bertz CT molecular complexity index is 191. The van der Waals surface area contributed by atoms with Gasteiger partial charge < -0.3 is 0 Å². The van der Waals surface area contributed by atoms with Crippen molar-refractivity contribution in [1.29, 1.82) is 0 Å². The summed E-state index contributed by atoms with van der Waals surface area (Å²) in [4.78, 5) is 0. The van der Waals surface area contributed by atoms with Crippen molar-refractivity contribution >= 4 is 0 Å². The fourth-order valence-electron chi connectivity index (χ4n) is 0.940. The molecule has 0 aliphatic heterocycles. The Morgan fingerprint density at radius 3 is 2.00 bits per heavy atom. The van der Waals surface area contributed by atoms with Gasteiger partial charge in [-0.2, -0.15) is 0 Å². The molecule has 0 aliphatic rings. The number of aryl methyl sites for hydroxylation is 1. The summed E-state index contributed by atoms with van der Waals surface area (Å²) in [7, 11) is 0.500. The van der Waals surface area contributed by atoms with E-state index >= 15 is 0 Å². The molecule has 68 valence electrons. The number of halogens is 2. The molecular formula is C10H14F2. The third-order valence-electron chi connectivity index (χ3n) is 1.45. The van der Waals surface area contributed by atoms with Gasteiger partial charge in [0.2, 0.25) is 0 Å². The predicted octanol–water partition coefficient (Wildman–Crippen LogP) is 3.36. The molecule has 0 fully saturated rings. The summed E-state index contributed by atoms with van der Waals surface area (Å²) in [5, 5.41) is 0. The zero-order valence-electron chi connectivity index (χ0n) is 7.48. The lowest BCUT2D eigenvalue weighted by Crippen LogP contribution is -1.81. The Morgan fingerprint density at radius 2 is 1.58 bits per heavy atom. The predicted molar refractivity (Wildman–Crippen MR) is 47.4 cm³/mol. The fourth-order valence-corrected chi connectivity index (χ4v) is 0.940. The van der Waals surface area contributed by atoms with Gasteiger partial charge >= 0.3 is 0 Å². The van der Waals surface area contributed by atoms with Gasteiger partial charge in [-0.15, -0.1) is 0 Å². The summed E-state index contributed by atoms with van der Waals surface area (Å²) in [5.41, 5.74) is 1.21. The lowest BCUT2D eigenvalue weighted by Gasteiger charge is -1.95. The molecular weight excluding hydrogens is 158 g/mol. The molecule has 0 aliphatic carbocycles. The highest BCUT2D eigenvalue weighted by Crippen LogP contribution is 2.04. The maximum atomic E-state index is 12.3. The Balaban J connectivity index is 0.000000561. The molecule has 0 spiro atoms. The highest BCUT2D eigenvalue weighted by molar-refractivity contribution is 5.15. The molecule has 12 heavy (non-hydrogen) atoms. The first-order valence-corrected chi connectivity index (χ1v) is 3.95. The van der Waals surface area contributed by atoms with E-state index in [9.17, 15) is 8.78 Å². The molecule has 1 aromatic rings.